The highest BCUT2D eigenvalue weighted by atomic mass is 79.9. The van der Waals surface area contributed by atoms with E-state index in [1.165, 1.54) is 0 Å². The molecule has 0 radical (unpaired) electrons. The van der Waals surface area contributed by atoms with E-state index < -0.39 is 23.1 Å². The molecule has 3 nitrogen and oxygen atoms in total. The maximum absolute atomic E-state index is 13.5. The smallest absolute Gasteiger partial charge is 0.257 e. The molecule has 0 aliphatic rings. The van der Waals surface area contributed by atoms with Crippen LogP contribution in [0.1, 0.15) is 23.7 Å². The van der Waals surface area contributed by atoms with Gasteiger partial charge in [0.15, 0.2) is 0 Å². The van der Waals surface area contributed by atoms with Gasteiger partial charge in [-0.3, -0.25) is 4.79 Å². The van der Waals surface area contributed by atoms with E-state index in [2.05, 4.69) is 21.2 Å². The average molecular weight is 322 g/mol. The van der Waals surface area contributed by atoms with Crippen LogP contribution in [0.2, 0.25) is 0 Å². The summed E-state index contributed by atoms with van der Waals surface area (Å²) in [5, 5.41) is 2.52. The Bertz CT molecular complexity index is 417. The molecule has 100 valence electrons. The van der Waals surface area contributed by atoms with Crippen LogP contribution < -0.4 is 5.32 Å². The van der Waals surface area contributed by atoms with E-state index in [0.29, 0.717) is 13.0 Å². The topological polar surface area (TPSA) is 38.3 Å². The van der Waals surface area contributed by atoms with Crippen molar-refractivity contribution in [3.8, 4) is 0 Å². The van der Waals surface area contributed by atoms with Crippen LogP contribution in [0.4, 0.5) is 8.78 Å². The number of amides is 1. The average Bonchev–Trinajstić information content (AvgIpc) is 2.24. The molecule has 6 heteroatoms. The first-order chi connectivity index (χ1) is 8.45. The zero-order valence-electron chi connectivity index (χ0n) is 10.1. The third-order valence-electron chi connectivity index (χ3n) is 2.37. The SMILES string of the molecule is COCCC(C)NC(=O)c1c(F)cc(Br)cc1F. The van der Waals surface area contributed by atoms with E-state index in [0.717, 1.165) is 12.1 Å². The molecule has 1 aromatic rings. The van der Waals surface area contributed by atoms with Gasteiger partial charge in [0.2, 0.25) is 0 Å². The van der Waals surface area contributed by atoms with Crippen molar-refractivity contribution in [1.82, 2.24) is 5.32 Å². The van der Waals surface area contributed by atoms with Gasteiger partial charge in [-0.1, -0.05) is 15.9 Å². The fourth-order valence-corrected chi connectivity index (χ4v) is 1.82. The van der Waals surface area contributed by atoms with Gasteiger partial charge in [0.1, 0.15) is 17.2 Å². The normalized spacial score (nSPS) is 12.3. The summed E-state index contributed by atoms with van der Waals surface area (Å²) >= 11 is 2.95. The number of carbonyl (C=O) groups excluding carboxylic acids is 1. The molecule has 0 aromatic heterocycles. The summed E-state index contributed by atoms with van der Waals surface area (Å²) in [7, 11) is 1.54. The van der Waals surface area contributed by atoms with Gasteiger partial charge < -0.3 is 10.1 Å². The van der Waals surface area contributed by atoms with E-state index in [9.17, 15) is 13.6 Å². The largest absolute Gasteiger partial charge is 0.385 e. The summed E-state index contributed by atoms with van der Waals surface area (Å²) in [5.41, 5.74) is -0.567. The first-order valence-corrected chi connectivity index (χ1v) is 6.19. The van der Waals surface area contributed by atoms with Crippen molar-refractivity contribution in [1.29, 1.82) is 0 Å². The van der Waals surface area contributed by atoms with E-state index in [1.54, 1.807) is 14.0 Å². The Morgan fingerprint density at radius 3 is 2.50 bits per heavy atom. The van der Waals surface area contributed by atoms with Crippen LogP contribution in [0.15, 0.2) is 16.6 Å². The van der Waals surface area contributed by atoms with E-state index in [1.807, 2.05) is 0 Å². The Morgan fingerprint density at radius 2 is 2.00 bits per heavy atom. The second-order valence-corrected chi connectivity index (χ2v) is 4.82. The molecule has 1 aromatic carbocycles. The lowest BCUT2D eigenvalue weighted by Gasteiger charge is -2.14. The molecule has 0 spiro atoms. The second-order valence-electron chi connectivity index (χ2n) is 3.90. The molecule has 0 bridgehead atoms. The summed E-state index contributed by atoms with van der Waals surface area (Å²) in [6, 6.07) is 1.88. The fourth-order valence-electron chi connectivity index (χ4n) is 1.42. The Kier molecular flexibility index (Phi) is 5.68. The predicted molar refractivity (Wildman–Crippen MR) is 67.5 cm³/mol. The van der Waals surface area contributed by atoms with Crippen LogP contribution in [0.5, 0.6) is 0 Å². The maximum Gasteiger partial charge on any atom is 0.257 e. The van der Waals surface area contributed by atoms with E-state index >= 15 is 0 Å². The molecule has 1 unspecified atom stereocenters. The van der Waals surface area contributed by atoms with Gasteiger partial charge in [-0.2, -0.15) is 0 Å². The van der Waals surface area contributed by atoms with Crippen molar-refractivity contribution >= 4 is 21.8 Å². The van der Waals surface area contributed by atoms with E-state index in [-0.39, 0.29) is 10.5 Å². The maximum atomic E-state index is 13.5. The second kappa shape index (κ2) is 6.80. The third kappa shape index (κ3) is 4.03. The molecule has 0 heterocycles. The van der Waals surface area contributed by atoms with Crippen molar-refractivity contribution in [2.24, 2.45) is 0 Å². The number of hydrogen-bond donors (Lipinski definition) is 1. The van der Waals surface area contributed by atoms with Gasteiger partial charge in [0, 0.05) is 24.2 Å². The molecule has 0 fully saturated rings. The van der Waals surface area contributed by atoms with E-state index in [4.69, 9.17) is 4.74 Å². The lowest BCUT2D eigenvalue weighted by Crippen LogP contribution is -2.34. The molecule has 1 N–H and O–H groups in total. The van der Waals surface area contributed by atoms with Gasteiger partial charge in [0.05, 0.1) is 0 Å². The van der Waals surface area contributed by atoms with Crippen molar-refractivity contribution in [3.05, 3.63) is 33.8 Å². The molecule has 0 saturated heterocycles. The number of rotatable bonds is 5. The van der Waals surface area contributed by atoms with Crippen LogP contribution in [0.3, 0.4) is 0 Å². The van der Waals surface area contributed by atoms with Gasteiger partial charge >= 0.3 is 0 Å². The van der Waals surface area contributed by atoms with Crippen LogP contribution >= 0.6 is 15.9 Å². The van der Waals surface area contributed by atoms with Crippen LogP contribution in [0.25, 0.3) is 0 Å². The molecule has 0 aliphatic heterocycles. The summed E-state index contributed by atoms with van der Waals surface area (Å²) in [5.74, 6) is -2.54. The summed E-state index contributed by atoms with van der Waals surface area (Å²) < 4.78 is 32.1. The minimum Gasteiger partial charge on any atom is -0.385 e. The standard InChI is InChI=1S/C12H14BrF2NO2/c1-7(3-4-18-2)16-12(17)11-9(14)5-8(13)6-10(11)15/h5-7H,3-4H2,1-2H3,(H,16,17). The zero-order valence-corrected chi connectivity index (χ0v) is 11.7. The molecule has 0 aliphatic carbocycles. The predicted octanol–water partition coefficient (Wildman–Crippen LogP) is 2.88. The molecule has 1 atom stereocenters. The monoisotopic (exact) mass is 321 g/mol. The Hall–Kier alpha value is -1.01. The minimum absolute atomic E-state index is 0.222. The number of benzene rings is 1. The van der Waals surface area contributed by atoms with Crippen molar-refractivity contribution in [2.75, 3.05) is 13.7 Å². The van der Waals surface area contributed by atoms with Crippen molar-refractivity contribution in [3.63, 3.8) is 0 Å². The number of carbonyl (C=O) groups is 1. The lowest BCUT2D eigenvalue weighted by atomic mass is 10.1. The van der Waals surface area contributed by atoms with Gasteiger partial charge in [-0.25, -0.2) is 8.78 Å². The zero-order chi connectivity index (χ0) is 13.7. The number of halogens is 3. The van der Waals surface area contributed by atoms with Gasteiger partial charge in [-0.05, 0) is 25.5 Å². The molecule has 0 saturated carbocycles. The molecular weight excluding hydrogens is 308 g/mol. The summed E-state index contributed by atoms with van der Waals surface area (Å²) in [6.07, 6.45) is 0.571. The number of hydrogen-bond acceptors (Lipinski definition) is 2. The molecular formula is C12H14BrF2NO2. The van der Waals surface area contributed by atoms with Gasteiger partial charge in [0.25, 0.3) is 5.91 Å². The van der Waals surface area contributed by atoms with Gasteiger partial charge in [-0.15, -0.1) is 0 Å². The highest BCUT2D eigenvalue weighted by Crippen LogP contribution is 2.19. The molecule has 1 amide bonds. The third-order valence-corrected chi connectivity index (χ3v) is 2.82. The number of ether oxygens (including phenoxy) is 1. The highest BCUT2D eigenvalue weighted by Gasteiger charge is 2.19. The summed E-state index contributed by atoms with van der Waals surface area (Å²) in [6.45, 7) is 2.21. The lowest BCUT2D eigenvalue weighted by molar-refractivity contribution is 0.0921. The molecule has 1 rings (SSSR count). The Labute approximate surface area is 113 Å². The van der Waals surface area contributed by atoms with Crippen LogP contribution in [-0.2, 0) is 4.74 Å². The number of nitrogens with one attached hydrogen (secondary N) is 1. The summed E-state index contributed by atoms with van der Waals surface area (Å²) in [4.78, 5) is 11.7. The first-order valence-electron chi connectivity index (χ1n) is 5.40. The fraction of sp³-hybridized carbons (Fsp3) is 0.417. The quantitative estimate of drug-likeness (QED) is 0.905. The van der Waals surface area contributed by atoms with Crippen molar-refractivity contribution < 1.29 is 18.3 Å². The first kappa shape index (κ1) is 15.0. The Morgan fingerprint density at radius 1 is 1.44 bits per heavy atom. The molecule has 18 heavy (non-hydrogen) atoms. The Balaban J connectivity index is 2.78. The highest BCUT2D eigenvalue weighted by molar-refractivity contribution is 9.10. The van der Waals surface area contributed by atoms with Crippen LogP contribution in [-0.4, -0.2) is 25.7 Å². The van der Waals surface area contributed by atoms with Crippen LogP contribution in [0, 0.1) is 11.6 Å². The number of methoxy groups -OCH3 is 1. The minimum atomic E-state index is -0.890. The van der Waals surface area contributed by atoms with Crippen molar-refractivity contribution in [2.45, 2.75) is 19.4 Å².